The molecule has 1 N–H and O–H groups in total. The Balaban J connectivity index is 1.34. The summed E-state index contributed by atoms with van der Waals surface area (Å²) in [4.78, 5) is 17.7. The number of nitrogens with one attached hydrogen (secondary N) is 1. The van der Waals surface area contributed by atoms with Crippen LogP contribution in [0, 0.1) is 6.92 Å². The van der Waals surface area contributed by atoms with E-state index in [2.05, 4.69) is 51.0 Å². The van der Waals surface area contributed by atoms with Gasteiger partial charge in [-0.3, -0.25) is 14.8 Å². The predicted molar refractivity (Wildman–Crippen MR) is 104 cm³/mol. The minimum atomic E-state index is 0.909. The SMILES string of the molecule is Cc1[nH]c(-c2ccccc2)nc1CN1CCN(Cc2ccccn2)CC1. The monoisotopic (exact) mass is 347 g/mol. The fraction of sp³-hybridized carbons (Fsp3) is 0.333. The van der Waals surface area contributed by atoms with Crippen molar-refractivity contribution in [3.8, 4) is 11.4 Å². The first-order chi connectivity index (χ1) is 12.8. The van der Waals surface area contributed by atoms with Crippen molar-refractivity contribution in [1.29, 1.82) is 0 Å². The van der Waals surface area contributed by atoms with Gasteiger partial charge < -0.3 is 4.98 Å². The number of pyridine rings is 1. The van der Waals surface area contributed by atoms with E-state index in [0.717, 1.165) is 62.0 Å². The van der Waals surface area contributed by atoms with E-state index < -0.39 is 0 Å². The topological polar surface area (TPSA) is 48.1 Å². The third-order valence-electron chi connectivity index (χ3n) is 4.98. The van der Waals surface area contributed by atoms with E-state index in [9.17, 15) is 0 Å². The summed E-state index contributed by atoms with van der Waals surface area (Å²) < 4.78 is 0. The molecular weight excluding hydrogens is 322 g/mol. The van der Waals surface area contributed by atoms with Gasteiger partial charge in [0.05, 0.1) is 11.4 Å². The Labute approximate surface area is 154 Å². The summed E-state index contributed by atoms with van der Waals surface area (Å²) in [6.45, 7) is 8.25. The molecule has 3 aromatic rings. The molecule has 0 saturated carbocycles. The smallest absolute Gasteiger partial charge is 0.137 e. The van der Waals surface area contributed by atoms with Crippen LogP contribution in [0.3, 0.4) is 0 Å². The average molecular weight is 347 g/mol. The molecule has 5 heteroatoms. The Morgan fingerprint density at radius 1 is 0.885 bits per heavy atom. The number of aromatic nitrogens is 3. The van der Waals surface area contributed by atoms with Crippen molar-refractivity contribution >= 4 is 0 Å². The van der Waals surface area contributed by atoms with Crippen LogP contribution in [-0.4, -0.2) is 50.9 Å². The molecule has 134 valence electrons. The van der Waals surface area contributed by atoms with Gasteiger partial charge in [-0.25, -0.2) is 4.98 Å². The van der Waals surface area contributed by atoms with E-state index in [1.165, 1.54) is 5.69 Å². The number of hydrogen-bond acceptors (Lipinski definition) is 4. The molecule has 0 amide bonds. The van der Waals surface area contributed by atoms with Crippen molar-refractivity contribution in [3.63, 3.8) is 0 Å². The minimum Gasteiger partial charge on any atom is -0.342 e. The van der Waals surface area contributed by atoms with Crippen molar-refractivity contribution < 1.29 is 0 Å². The summed E-state index contributed by atoms with van der Waals surface area (Å²) in [6.07, 6.45) is 1.87. The first kappa shape index (κ1) is 16.9. The zero-order chi connectivity index (χ0) is 17.8. The number of aryl methyl sites for hydroxylation is 1. The molecule has 26 heavy (non-hydrogen) atoms. The van der Waals surface area contributed by atoms with Gasteiger partial charge in [0.25, 0.3) is 0 Å². The standard InChI is InChI=1S/C21H25N5/c1-17-20(24-21(23-17)18-7-3-2-4-8-18)16-26-13-11-25(12-14-26)15-19-9-5-6-10-22-19/h2-10H,11-16H2,1H3,(H,23,24). The fourth-order valence-electron chi connectivity index (χ4n) is 3.42. The van der Waals surface area contributed by atoms with Gasteiger partial charge in [0.2, 0.25) is 0 Å². The summed E-state index contributed by atoms with van der Waals surface area (Å²) in [5.74, 6) is 0.965. The van der Waals surface area contributed by atoms with Crippen LogP contribution in [0.25, 0.3) is 11.4 Å². The van der Waals surface area contributed by atoms with Crippen LogP contribution in [0.1, 0.15) is 17.1 Å². The van der Waals surface area contributed by atoms with Crippen LogP contribution in [0.15, 0.2) is 54.7 Å². The second kappa shape index (κ2) is 7.81. The van der Waals surface area contributed by atoms with Gasteiger partial charge in [0.15, 0.2) is 0 Å². The van der Waals surface area contributed by atoms with Crippen molar-refractivity contribution in [2.75, 3.05) is 26.2 Å². The number of piperazine rings is 1. The predicted octanol–water partition coefficient (Wildman–Crippen LogP) is 3.10. The van der Waals surface area contributed by atoms with Crippen molar-refractivity contribution in [2.24, 2.45) is 0 Å². The summed E-state index contributed by atoms with van der Waals surface area (Å²) >= 11 is 0. The highest BCUT2D eigenvalue weighted by Crippen LogP contribution is 2.19. The molecule has 1 fully saturated rings. The molecule has 1 aromatic carbocycles. The van der Waals surface area contributed by atoms with E-state index in [-0.39, 0.29) is 0 Å². The molecule has 2 aromatic heterocycles. The van der Waals surface area contributed by atoms with Crippen LogP contribution >= 0.6 is 0 Å². The Morgan fingerprint density at radius 3 is 2.27 bits per heavy atom. The van der Waals surface area contributed by atoms with Crippen molar-refractivity contribution in [1.82, 2.24) is 24.8 Å². The van der Waals surface area contributed by atoms with Crippen LogP contribution in [0.2, 0.25) is 0 Å². The molecule has 3 heterocycles. The quantitative estimate of drug-likeness (QED) is 0.770. The van der Waals surface area contributed by atoms with E-state index >= 15 is 0 Å². The number of rotatable bonds is 5. The molecule has 5 nitrogen and oxygen atoms in total. The Bertz CT molecular complexity index is 820. The molecule has 4 rings (SSSR count). The molecule has 1 aliphatic heterocycles. The van der Waals surface area contributed by atoms with Gasteiger partial charge in [-0.1, -0.05) is 36.4 Å². The first-order valence-electron chi connectivity index (χ1n) is 9.23. The fourth-order valence-corrected chi connectivity index (χ4v) is 3.42. The summed E-state index contributed by atoms with van der Waals surface area (Å²) in [6, 6.07) is 16.5. The highest BCUT2D eigenvalue weighted by atomic mass is 15.3. The third-order valence-corrected chi connectivity index (χ3v) is 4.98. The lowest BCUT2D eigenvalue weighted by atomic mass is 10.2. The van der Waals surface area contributed by atoms with Gasteiger partial charge in [-0.05, 0) is 19.1 Å². The highest BCUT2D eigenvalue weighted by molar-refractivity contribution is 5.55. The Hall–Kier alpha value is -2.50. The maximum atomic E-state index is 4.84. The maximum Gasteiger partial charge on any atom is 0.137 e. The molecule has 0 radical (unpaired) electrons. The molecule has 1 aliphatic rings. The average Bonchev–Trinajstić information content (AvgIpc) is 3.05. The van der Waals surface area contributed by atoms with Crippen LogP contribution in [-0.2, 0) is 13.1 Å². The molecule has 0 atom stereocenters. The lowest BCUT2D eigenvalue weighted by Crippen LogP contribution is -2.45. The summed E-state index contributed by atoms with van der Waals surface area (Å²) in [7, 11) is 0. The maximum absolute atomic E-state index is 4.84. The summed E-state index contributed by atoms with van der Waals surface area (Å²) in [5.41, 5.74) is 4.61. The van der Waals surface area contributed by atoms with E-state index in [0.29, 0.717) is 0 Å². The van der Waals surface area contributed by atoms with E-state index in [4.69, 9.17) is 4.98 Å². The van der Waals surface area contributed by atoms with E-state index in [1.807, 2.05) is 30.5 Å². The van der Waals surface area contributed by atoms with Gasteiger partial charge in [0, 0.05) is 56.7 Å². The molecule has 0 aliphatic carbocycles. The number of H-pyrrole nitrogens is 1. The normalized spacial score (nSPS) is 16.0. The van der Waals surface area contributed by atoms with Gasteiger partial charge >= 0.3 is 0 Å². The Kier molecular flexibility index (Phi) is 5.09. The molecule has 1 saturated heterocycles. The molecule has 0 spiro atoms. The number of benzene rings is 1. The van der Waals surface area contributed by atoms with Crippen LogP contribution in [0.5, 0.6) is 0 Å². The first-order valence-corrected chi connectivity index (χ1v) is 9.23. The number of hydrogen-bond donors (Lipinski definition) is 1. The highest BCUT2D eigenvalue weighted by Gasteiger charge is 2.19. The van der Waals surface area contributed by atoms with Gasteiger partial charge in [-0.2, -0.15) is 0 Å². The number of aromatic amines is 1. The third kappa shape index (κ3) is 4.00. The molecule has 0 bridgehead atoms. The Morgan fingerprint density at radius 2 is 1.58 bits per heavy atom. The summed E-state index contributed by atoms with van der Waals surface area (Å²) in [5, 5.41) is 0. The van der Waals surface area contributed by atoms with Gasteiger partial charge in [0.1, 0.15) is 5.82 Å². The van der Waals surface area contributed by atoms with Crippen LogP contribution in [0.4, 0.5) is 0 Å². The minimum absolute atomic E-state index is 0.909. The second-order valence-electron chi connectivity index (χ2n) is 6.90. The number of nitrogens with zero attached hydrogens (tertiary/aromatic N) is 4. The largest absolute Gasteiger partial charge is 0.342 e. The lowest BCUT2D eigenvalue weighted by Gasteiger charge is -2.34. The zero-order valence-corrected chi connectivity index (χ0v) is 15.2. The van der Waals surface area contributed by atoms with Gasteiger partial charge in [-0.15, -0.1) is 0 Å². The van der Waals surface area contributed by atoms with Crippen molar-refractivity contribution in [2.45, 2.75) is 20.0 Å². The van der Waals surface area contributed by atoms with Crippen molar-refractivity contribution in [3.05, 3.63) is 71.8 Å². The lowest BCUT2D eigenvalue weighted by molar-refractivity contribution is 0.120. The number of imidazole rings is 1. The molecule has 0 unspecified atom stereocenters. The van der Waals surface area contributed by atoms with Crippen LogP contribution < -0.4 is 0 Å². The molecular formula is C21H25N5. The van der Waals surface area contributed by atoms with E-state index in [1.54, 1.807) is 0 Å². The second-order valence-corrected chi connectivity index (χ2v) is 6.90. The zero-order valence-electron chi connectivity index (χ0n) is 15.2.